The first-order chi connectivity index (χ1) is 7.79. The van der Waals surface area contributed by atoms with Crippen molar-refractivity contribution in [3.63, 3.8) is 0 Å². The third-order valence-electron chi connectivity index (χ3n) is 2.42. The van der Waals surface area contributed by atoms with Crippen LogP contribution in [0.15, 0.2) is 24.3 Å². The van der Waals surface area contributed by atoms with Gasteiger partial charge in [-0.3, -0.25) is 0 Å². The molecular formula is C13H20O2S. The van der Waals surface area contributed by atoms with Crippen LogP contribution in [0.4, 0.5) is 0 Å². The number of thioether (sulfide) groups is 1. The van der Waals surface area contributed by atoms with E-state index in [1.807, 2.05) is 43.0 Å². The first kappa shape index (κ1) is 13.4. The van der Waals surface area contributed by atoms with E-state index in [2.05, 4.69) is 6.26 Å². The molecule has 0 aliphatic carbocycles. The van der Waals surface area contributed by atoms with Gasteiger partial charge in [0.2, 0.25) is 0 Å². The molecule has 1 atom stereocenters. The van der Waals surface area contributed by atoms with E-state index in [4.69, 9.17) is 4.74 Å². The van der Waals surface area contributed by atoms with Crippen molar-refractivity contribution in [2.45, 2.75) is 25.9 Å². The Morgan fingerprint density at radius 2 is 2.12 bits per heavy atom. The first-order valence-electron chi connectivity index (χ1n) is 5.68. The molecule has 0 saturated heterocycles. The van der Waals surface area contributed by atoms with Crippen molar-refractivity contribution in [3.8, 4) is 5.75 Å². The van der Waals surface area contributed by atoms with E-state index < -0.39 is 6.10 Å². The summed E-state index contributed by atoms with van der Waals surface area (Å²) in [6.45, 7) is 2.68. The summed E-state index contributed by atoms with van der Waals surface area (Å²) in [7, 11) is 0. The van der Waals surface area contributed by atoms with Gasteiger partial charge < -0.3 is 9.84 Å². The lowest BCUT2D eigenvalue weighted by molar-refractivity contribution is 0.167. The van der Waals surface area contributed by atoms with E-state index >= 15 is 0 Å². The fraction of sp³-hybridized carbons (Fsp3) is 0.538. The number of benzene rings is 1. The molecule has 0 aliphatic heterocycles. The average Bonchev–Trinajstić information content (AvgIpc) is 2.34. The third-order valence-corrected chi connectivity index (χ3v) is 3.11. The van der Waals surface area contributed by atoms with Crippen molar-refractivity contribution < 1.29 is 9.84 Å². The summed E-state index contributed by atoms with van der Waals surface area (Å²) in [4.78, 5) is 0. The van der Waals surface area contributed by atoms with Gasteiger partial charge in [-0.25, -0.2) is 0 Å². The number of aliphatic hydroxyl groups excluding tert-OH is 1. The summed E-state index contributed by atoms with van der Waals surface area (Å²) in [5, 5.41) is 9.83. The van der Waals surface area contributed by atoms with Crippen LogP contribution in [-0.4, -0.2) is 23.7 Å². The van der Waals surface area contributed by atoms with E-state index in [-0.39, 0.29) is 0 Å². The van der Waals surface area contributed by atoms with E-state index in [0.29, 0.717) is 13.0 Å². The molecule has 0 bridgehead atoms. The fourth-order valence-corrected chi connectivity index (χ4v) is 1.90. The van der Waals surface area contributed by atoms with Crippen LogP contribution in [-0.2, 0) is 0 Å². The quantitative estimate of drug-likeness (QED) is 0.742. The van der Waals surface area contributed by atoms with Gasteiger partial charge in [0.25, 0.3) is 0 Å². The van der Waals surface area contributed by atoms with Crippen LogP contribution in [0, 0.1) is 0 Å². The lowest BCUT2D eigenvalue weighted by Gasteiger charge is -2.14. The molecule has 0 radical (unpaired) electrons. The highest BCUT2D eigenvalue weighted by Gasteiger charge is 2.10. The monoisotopic (exact) mass is 240 g/mol. The number of hydrogen-bond acceptors (Lipinski definition) is 3. The van der Waals surface area contributed by atoms with Crippen LogP contribution in [0.5, 0.6) is 5.75 Å². The van der Waals surface area contributed by atoms with Gasteiger partial charge in [0.1, 0.15) is 5.75 Å². The van der Waals surface area contributed by atoms with Gasteiger partial charge >= 0.3 is 0 Å². The third kappa shape index (κ3) is 4.06. The van der Waals surface area contributed by atoms with Gasteiger partial charge in [-0.05, 0) is 30.9 Å². The Morgan fingerprint density at radius 1 is 1.38 bits per heavy atom. The molecule has 3 heteroatoms. The van der Waals surface area contributed by atoms with Crippen LogP contribution in [0.3, 0.4) is 0 Å². The molecule has 1 aromatic carbocycles. The second-order valence-electron chi connectivity index (χ2n) is 3.66. The second kappa shape index (κ2) is 7.58. The lowest BCUT2D eigenvalue weighted by Crippen LogP contribution is -2.04. The highest BCUT2D eigenvalue weighted by Crippen LogP contribution is 2.26. The van der Waals surface area contributed by atoms with Crippen LogP contribution in [0.2, 0.25) is 0 Å². The molecule has 0 aliphatic rings. The average molecular weight is 240 g/mol. The van der Waals surface area contributed by atoms with Crippen LogP contribution < -0.4 is 4.74 Å². The van der Waals surface area contributed by atoms with Gasteiger partial charge in [-0.15, -0.1) is 0 Å². The molecule has 2 nitrogen and oxygen atoms in total. The van der Waals surface area contributed by atoms with Crippen molar-refractivity contribution in [2.24, 2.45) is 0 Å². The minimum absolute atomic E-state index is 0.420. The van der Waals surface area contributed by atoms with E-state index in [0.717, 1.165) is 23.5 Å². The van der Waals surface area contributed by atoms with Crippen molar-refractivity contribution in [3.05, 3.63) is 29.8 Å². The Kier molecular flexibility index (Phi) is 6.34. The molecule has 1 aromatic rings. The summed E-state index contributed by atoms with van der Waals surface area (Å²) < 4.78 is 5.69. The maximum absolute atomic E-state index is 9.83. The lowest BCUT2D eigenvalue weighted by atomic mass is 10.1. The zero-order valence-corrected chi connectivity index (χ0v) is 10.8. The molecule has 0 unspecified atom stereocenters. The van der Waals surface area contributed by atoms with E-state index in [9.17, 15) is 5.11 Å². The Balaban J connectivity index is 2.57. The molecule has 1 rings (SSSR count). The largest absolute Gasteiger partial charge is 0.493 e. The highest BCUT2D eigenvalue weighted by atomic mass is 32.2. The summed E-state index contributed by atoms with van der Waals surface area (Å²) >= 11 is 1.82. The summed E-state index contributed by atoms with van der Waals surface area (Å²) in [5.74, 6) is 1.93. The molecule has 1 N–H and O–H groups in total. The molecule has 0 spiro atoms. The van der Waals surface area contributed by atoms with E-state index in [1.165, 1.54) is 0 Å². The van der Waals surface area contributed by atoms with Gasteiger partial charge in [-0.1, -0.05) is 25.1 Å². The van der Waals surface area contributed by atoms with E-state index in [1.54, 1.807) is 0 Å². The van der Waals surface area contributed by atoms with Gasteiger partial charge in [0.15, 0.2) is 0 Å². The molecule has 16 heavy (non-hydrogen) atoms. The predicted octanol–water partition coefficient (Wildman–Crippen LogP) is 3.26. The number of para-hydroxylation sites is 1. The second-order valence-corrected chi connectivity index (χ2v) is 4.64. The van der Waals surface area contributed by atoms with Crippen molar-refractivity contribution in [2.75, 3.05) is 18.6 Å². The van der Waals surface area contributed by atoms with Crippen LogP contribution >= 0.6 is 11.8 Å². The number of rotatable bonds is 7. The Hall–Kier alpha value is -0.670. The number of aliphatic hydroxyl groups is 1. The molecule has 90 valence electrons. The highest BCUT2D eigenvalue weighted by molar-refractivity contribution is 7.98. The molecule has 0 amide bonds. The maximum Gasteiger partial charge on any atom is 0.125 e. The molecular weight excluding hydrogens is 220 g/mol. The van der Waals surface area contributed by atoms with Gasteiger partial charge in [0, 0.05) is 5.56 Å². The SMILES string of the molecule is CC[C@@H](O)c1ccccc1OCCCSC. The summed E-state index contributed by atoms with van der Waals surface area (Å²) in [5.41, 5.74) is 0.897. The molecule has 0 fully saturated rings. The maximum atomic E-state index is 9.83. The first-order valence-corrected chi connectivity index (χ1v) is 7.07. The van der Waals surface area contributed by atoms with Crippen molar-refractivity contribution in [1.29, 1.82) is 0 Å². The Bertz CT molecular complexity index is 302. The zero-order valence-electron chi connectivity index (χ0n) is 9.98. The fourth-order valence-electron chi connectivity index (χ4n) is 1.49. The molecule has 0 saturated carbocycles. The Labute approximate surface area is 102 Å². The normalized spacial score (nSPS) is 12.4. The topological polar surface area (TPSA) is 29.5 Å². The number of hydrogen-bond donors (Lipinski definition) is 1. The van der Waals surface area contributed by atoms with Crippen molar-refractivity contribution in [1.82, 2.24) is 0 Å². The Morgan fingerprint density at radius 3 is 2.81 bits per heavy atom. The summed E-state index contributed by atoms with van der Waals surface area (Å²) in [6, 6.07) is 7.73. The smallest absolute Gasteiger partial charge is 0.125 e. The number of ether oxygens (including phenoxy) is 1. The zero-order chi connectivity index (χ0) is 11.8. The standard InChI is InChI=1S/C13H20O2S/c1-3-12(14)11-7-4-5-8-13(11)15-9-6-10-16-2/h4-5,7-8,12,14H,3,6,9-10H2,1-2H3/t12-/m1/s1. The van der Waals surface area contributed by atoms with Crippen LogP contribution in [0.25, 0.3) is 0 Å². The van der Waals surface area contributed by atoms with Crippen molar-refractivity contribution >= 4 is 11.8 Å². The van der Waals surface area contributed by atoms with Gasteiger partial charge in [-0.2, -0.15) is 11.8 Å². The van der Waals surface area contributed by atoms with Crippen LogP contribution in [0.1, 0.15) is 31.4 Å². The minimum Gasteiger partial charge on any atom is -0.493 e. The molecule has 0 heterocycles. The van der Waals surface area contributed by atoms with Gasteiger partial charge in [0.05, 0.1) is 12.7 Å². The summed E-state index contributed by atoms with van der Waals surface area (Å²) in [6.07, 6.45) is 3.43. The molecule has 0 aromatic heterocycles. The predicted molar refractivity (Wildman–Crippen MR) is 70.2 cm³/mol. The minimum atomic E-state index is -0.420.